The van der Waals surface area contributed by atoms with Crippen LogP contribution < -0.4 is 5.32 Å². The Kier molecular flexibility index (Phi) is 8.20. The molecule has 2 amide bonds. The van der Waals surface area contributed by atoms with Crippen molar-refractivity contribution in [2.75, 3.05) is 53.0 Å². The van der Waals surface area contributed by atoms with Crippen LogP contribution in [0.25, 0.3) is 5.69 Å². The number of piperazine rings is 1. The number of nitrogens with zero attached hydrogens (tertiary/aromatic N) is 4. The number of ether oxygens (including phenoxy) is 1. The summed E-state index contributed by atoms with van der Waals surface area (Å²) in [6, 6.07) is 9.96. The Morgan fingerprint density at radius 2 is 1.81 bits per heavy atom. The zero-order valence-electron chi connectivity index (χ0n) is 18.8. The zero-order chi connectivity index (χ0) is 22.2. The van der Waals surface area contributed by atoms with Crippen molar-refractivity contribution in [3.05, 3.63) is 47.3 Å². The van der Waals surface area contributed by atoms with Gasteiger partial charge in [0.25, 0.3) is 0 Å². The van der Waals surface area contributed by atoms with E-state index in [1.165, 1.54) is 0 Å². The van der Waals surface area contributed by atoms with Crippen molar-refractivity contribution in [3.8, 4) is 5.69 Å². The fraction of sp³-hybridized carbons (Fsp3) is 0.522. The van der Waals surface area contributed by atoms with Gasteiger partial charge in [-0.05, 0) is 32.4 Å². The van der Waals surface area contributed by atoms with Gasteiger partial charge in [0.15, 0.2) is 0 Å². The number of hydrogen-bond donors (Lipinski definition) is 1. The second kappa shape index (κ2) is 11.1. The molecule has 0 saturated carbocycles. The highest BCUT2D eigenvalue weighted by molar-refractivity contribution is 5.80. The maximum atomic E-state index is 12.9. The molecule has 1 N–H and O–H groups in total. The molecule has 1 aromatic carbocycles. The van der Waals surface area contributed by atoms with Crippen LogP contribution in [0, 0.1) is 13.8 Å². The van der Waals surface area contributed by atoms with Crippen LogP contribution in [-0.4, -0.2) is 84.4 Å². The number of amides is 2. The largest absolute Gasteiger partial charge is 0.385 e. The summed E-state index contributed by atoms with van der Waals surface area (Å²) in [7, 11) is 1.65. The summed E-state index contributed by atoms with van der Waals surface area (Å²) < 4.78 is 6.89. The molecule has 168 valence electrons. The van der Waals surface area contributed by atoms with Crippen LogP contribution in [0.5, 0.6) is 0 Å². The number of rotatable bonds is 9. The first-order valence-corrected chi connectivity index (χ1v) is 10.9. The van der Waals surface area contributed by atoms with E-state index in [2.05, 4.69) is 15.3 Å². The van der Waals surface area contributed by atoms with Gasteiger partial charge >= 0.3 is 0 Å². The minimum atomic E-state index is 0.0236. The highest BCUT2D eigenvalue weighted by Gasteiger charge is 2.24. The minimum Gasteiger partial charge on any atom is -0.385 e. The third kappa shape index (κ3) is 6.15. The predicted octanol–water partition coefficient (Wildman–Crippen LogP) is 1.33. The summed E-state index contributed by atoms with van der Waals surface area (Å²) in [4.78, 5) is 29.0. The number of methoxy groups -OCH3 is 1. The van der Waals surface area contributed by atoms with E-state index in [4.69, 9.17) is 4.74 Å². The second-order valence-corrected chi connectivity index (χ2v) is 7.93. The van der Waals surface area contributed by atoms with Gasteiger partial charge < -0.3 is 15.0 Å². The Morgan fingerprint density at radius 3 is 2.48 bits per heavy atom. The summed E-state index contributed by atoms with van der Waals surface area (Å²) in [5, 5.41) is 7.55. The molecule has 1 aromatic heterocycles. The van der Waals surface area contributed by atoms with Gasteiger partial charge in [-0.2, -0.15) is 5.10 Å². The van der Waals surface area contributed by atoms with Gasteiger partial charge in [-0.15, -0.1) is 0 Å². The Morgan fingerprint density at radius 1 is 1.10 bits per heavy atom. The van der Waals surface area contributed by atoms with Crippen LogP contribution in [0.15, 0.2) is 30.3 Å². The van der Waals surface area contributed by atoms with Gasteiger partial charge in [0.1, 0.15) is 0 Å². The highest BCUT2D eigenvalue weighted by atomic mass is 16.5. The molecule has 3 rings (SSSR count). The maximum Gasteiger partial charge on any atom is 0.234 e. The van der Waals surface area contributed by atoms with E-state index in [9.17, 15) is 9.59 Å². The quantitative estimate of drug-likeness (QED) is 0.611. The topological polar surface area (TPSA) is 79.7 Å². The smallest absolute Gasteiger partial charge is 0.234 e. The number of hydrogen-bond acceptors (Lipinski definition) is 5. The van der Waals surface area contributed by atoms with Gasteiger partial charge in [-0.1, -0.05) is 18.2 Å². The van der Waals surface area contributed by atoms with E-state index in [-0.39, 0.29) is 11.8 Å². The van der Waals surface area contributed by atoms with E-state index < -0.39 is 0 Å². The lowest BCUT2D eigenvalue weighted by Crippen LogP contribution is -2.51. The normalized spacial score (nSPS) is 14.6. The summed E-state index contributed by atoms with van der Waals surface area (Å²) in [6.07, 6.45) is 1.16. The fourth-order valence-electron chi connectivity index (χ4n) is 3.87. The Hall–Kier alpha value is -2.71. The molecule has 2 aromatic rings. The van der Waals surface area contributed by atoms with Crippen molar-refractivity contribution >= 4 is 11.8 Å². The Balaban J connectivity index is 1.49. The Bertz CT molecular complexity index is 873. The average Bonchev–Trinajstić information content (AvgIpc) is 3.06. The number of para-hydroxylation sites is 1. The molecule has 1 saturated heterocycles. The number of nitrogens with one attached hydrogen (secondary N) is 1. The molecule has 1 fully saturated rings. The summed E-state index contributed by atoms with van der Waals surface area (Å²) in [6.45, 7) is 8.30. The minimum absolute atomic E-state index is 0.0236. The number of benzene rings is 1. The van der Waals surface area contributed by atoms with E-state index in [1.54, 1.807) is 7.11 Å². The maximum absolute atomic E-state index is 12.9. The lowest BCUT2D eigenvalue weighted by molar-refractivity contribution is -0.132. The highest BCUT2D eigenvalue weighted by Crippen LogP contribution is 2.19. The molecule has 8 heteroatoms. The van der Waals surface area contributed by atoms with Crippen molar-refractivity contribution in [1.82, 2.24) is 24.9 Å². The van der Waals surface area contributed by atoms with Gasteiger partial charge in [-0.3, -0.25) is 14.5 Å². The van der Waals surface area contributed by atoms with E-state index in [0.717, 1.165) is 29.1 Å². The molecular formula is C23H33N5O3. The average molecular weight is 428 g/mol. The number of carbonyl (C=O) groups excluding carboxylic acids is 2. The lowest BCUT2D eigenvalue weighted by Gasteiger charge is -2.34. The van der Waals surface area contributed by atoms with E-state index in [1.807, 2.05) is 53.8 Å². The van der Waals surface area contributed by atoms with E-state index >= 15 is 0 Å². The van der Waals surface area contributed by atoms with Crippen molar-refractivity contribution < 1.29 is 14.3 Å². The summed E-state index contributed by atoms with van der Waals surface area (Å²) in [5.41, 5.74) is 3.88. The fourth-order valence-corrected chi connectivity index (χ4v) is 3.87. The molecule has 0 aliphatic carbocycles. The van der Waals surface area contributed by atoms with Crippen molar-refractivity contribution in [3.63, 3.8) is 0 Å². The third-order valence-corrected chi connectivity index (χ3v) is 5.71. The molecule has 0 spiro atoms. The molecule has 2 heterocycles. The molecule has 0 unspecified atom stereocenters. The second-order valence-electron chi connectivity index (χ2n) is 7.93. The number of aromatic nitrogens is 2. The summed E-state index contributed by atoms with van der Waals surface area (Å²) in [5.74, 6) is 0.137. The Labute approximate surface area is 184 Å². The lowest BCUT2D eigenvalue weighted by atomic mass is 10.1. The first-order valence-electron chi connectivity index (χ1n) is 10.9. The van der Waals surface area contributed by atoms with Gasteiger partial charge in [-0.25, -0.2) is 4.68 Å². The molecule has 0 bridgehead atoms. The zero-order valence-corrected chi connectivity index (χ0v) is 18.8. The molecular weight excluding hydrogens is 394 g/mol. The molecule has 1 aliphatic heterocycles. The van der Waals surface area contributed by atoms with Crippen LogP contribution in [-0.2, 0) is 20.7 Å². The van der Waals surface area contributed by atoms with Crippen LogP contribution in [0.1, 0.15) is 23.4 Å². The van der Waals surface area contributed by atoms with Gasteiger partial charge in [0.2, 0.25) is 11.8 Å². The third-order valence-electron chi connectivity index (χ3n) is 5.71. The predicted molar refractivity (Wildman–Crippen MR) is 119 cm³/mol. The molecule has 0 radical (unpaired) electrons. The SMILES string of the molecule is COCCCNC(=O)CN1CCN(C(=O)Cc2c(C)nn(-c3ccccc3)c2C)CC1. The van der Waals surface area contributed by atoms with Crippen molar-refractivity contribution in [2.45, 2.75) is 26.7 Å². The molecule has 1 aliphatic rings. The van der Waals surface area contributed by atoms with E-state index in [0.29, 0.717) is 52.3 Å². The number of carbonyl (C=O) groups is 2. The monoisotopic (exact) mass is 427 g/mol. The number of aryl methyl sites for hydroxylation is 1. The molecule has 0 atom stereocenters. The van der Waals surface area contributed by atoms with Crippen LogP contribution in [0.3, 0.4) is 0 Å². The molecule has 8 nitrogen and oxygen atoms in total. The van der Waals surface area contributed by atoms with Crippen LogP contribution in [0.4, 0.5) is 0 Å². The summed E-state index contributed by atoms with van der Waals surface area (Å²) >= 11 is 0. The first kappa shape index (κ1) is 23.0. The van der Waals surface area contributed by atoms with Crippen molar-refractivity contribution in [1.29, 1.82) is 0 Å². The standard InChI is InChI=1S/C23H33N5O3/c1-18-21(19(2)28(25-18)20-8-5-4-6-9-20)16-23(30)27-13-11-26(12-14-27)17-22(29)24-10-7-15-31-3/h4-6,8-9H,7,10-17H2,1-3H3,(H,24,29). The first-order chi connectivity index (χ1) is 15.0. The van der Waals surface area contributed by atoms with Crippen molar-refractivity contribution in [2.24, 2.45) is 0 Å². The van der Waals surface area contributed by atoms with Crippen LogP contribution >= 0.6 is 0 Å². The van der Waals surface area contributed by atoms with Gasteiger partial charge in [0.05, 0.1) is 24.3 Å². The van der Waals surface area contributed by atoms with Crippen LogP contribution in [0.2, 0.25) is 0 Å². The van der Waals surface area contributed by atoms with Gasteiger partial charge in [0, 0.05) is 57.7 Å². The molecule has 31 heavy (non-hydrogen) atoms.